The Labute approximate surface area is 176 Å². The summed E-state index contributed by atoms with van der Waals surface area (Å²) in [6, 6.07) is 7.95. The van der Waals surface area contributed by atoms with Gasteiger partial charge < -0.3 is 10.6 Å². The molecular weight excluding hydrogens is 400 g/mol. The van der Waals surface area contributed by atoms with Crippen molar-refractivity contribution in [2.24, 2.45) is 11.8 Å². The Balaban J connectivity index is 1.53. The van der Waals surface area contributed by atoms with Crippen LogP contribution in [0.15, 0.2) is 69.6 Å². The Morgan fingerprint density at radius 1 is 0.931 bits per heavy atom. The number of rotatable bonds is 2. The van der Waals surface area contributed by atoms with Gasteiger partial charge in [-0.05, 0) is 52.0 Å². The highest BCUT2D eigenvalue weighted by Gasteiger charge is 2.47. The zero-order chi connectivity index (χ0) is 19.7. The van der Waals surface area contributed by atoms with E-state index in [1.54, 1.807) is 22.7 Å². The highest BCUT2D eigenvalue weighted by atomic mass is 32.1. The molecule has 4 heterocycles. The maximum atomic E-state index is 12.8. The van der Waals surface area contributed by atoms with Gasteiger partial charge in [0.15, 0.2) is 0 Å². The average molecular weight is 419 g/mol. The van der Waals surface area contributed by atoms with E-state index in [2.05, 4.69) is 29.7 Å². The molecule has 6 rings (SSSR count). The number of nitrogens with one attached hydrogen (secondary N) is 2. The average Bonchev–Trinajstić information content (AvgIpc) is 3.46. The van der Waals surface area contributed by atoms with Gasteiger partial charge in [-0.3, -0.25) is 9.59 Å². The summed E-state index contributed by atoms with van der Waals surface area (Å²) in [6.45, 7) is 2.23. The second-order valence-corrected chi connectivity index (χ2v) is 9.81. The van der Waals surface area contributed by atoms with Crippen molar-refractivity contribution in [3.8, 4) is 0 Å². The molecule has 4 aliphatic rings. The summed E-state index contributed by atoms with van der Waals surface area (Å²) < 4.78 is 0. The number of thiophene rings is 2. The SMILES string of the molecule is CC1CC2=C(c3cccs3)C(=O)NC2=C2C=CC3=C(c4cccs4)C(=O)NC3C21. The number of hydrogen-bond acceptors (Lipinski definition) is 4. The van der Waals surface area contributed by atoms with Gasteiger partial charge >= 0.3 is 0 Å². The normalized spacial score (nSPS) is 27.8. The van der Waals surface area contributed by atoms with Crippen molar-refractivity contribution < 1.29 is 9.59 Å². The van der Waals surface area contributed by atoms with E-state index in [4.69, 9.17) is 0 Å². The maximum Gasteiger partial charge on any atom is 0.257 e. The van der Waals surface area contributed by atoms with Gasteiger partial charge in [0.25, 0.3) is 11.8 Å². The lowest BCUT2D eigenvalue weighted by Gasteiger charge is -2.39. The van der Waals surface area contributed by atoms with Crippen molar-refractivity contribution in [1.29, 1.82) is 0 Å². The number of amides is 2. The number of fused-ring (bicyclic) bond motifs is 4. The number of allylic oxidation sites excluding steroid dienone is 2. The summed E-state index contributed by atoms with van der Waals surface area (Å²) in [7, 11) is 0. The summed E-state index contributed by atoms with van der Waals surface area (Å²) in [5.41, 5.74) is 5.91. The highest BCUT2D eigenvalue weighted by molar-refractivity contribution is 7.11. The fraction of sp³-hybridized carbons (Fsp3) is 0.217. The van der Waals surface area contributed by atoms with Crippen LogP contribution in [0.25, 0.3) is 11.1 Å². The molecule has 0 saturated heterocycles. The van der Waals surface area contributed by atoms with E-state index in [1.807, 2.05) is 35.0 Å². The Bertz CT molecular complexity index is 1180. The molecule has 0 spiro atoms. The molecule has 2 aliphatic heterocycles. The van der Waals surface area contributed by atoms with Gasteiger partial charge in [-0.2, -0.15) is 0 Å². The third kappa shape index (κ3) is 2.36. The van der Waals surface area contributed by atoms with Gasteiger partial charge in [-0.1, -0.05) is 31.2 Å². The van der Waals surface area contributed by atoms with E-state index in [0.717, 1.165) is 49.7 Å². The first-order valence-corrected chi connectivity index (χ1v) is 11.5. The van der Waals surface area contributed by atoms with Crippen LogP contribution in [0.3, 0.4) is 0 Å². The van der Waals surface area contributed by atoms with E-state index in [9.17, 15) is 9.59 Å². The maximum absolute atomic E-state index is 12.8. The molecule has 6 heteroatoms. The standard InChI is InChI=1S/C23H18N2O2S2/c1-11-10-14-19(16-5-3-9-29-16)23(27)24-20(14)12-6-7-13-18(15-4-2-8-28-15)22(26)25-21(13)17(11)12/h2-9,11,17,21H,10H2,1H3,(H,24,27)(H,25,26). The lowest BCUT2D eigenvalue weighted by molar-refractivity contribution is -0.116. The number of carbonyl (C=O) groups excluding carboxylic acids is 2. The Kier molecular flexibility index (Phi) is 3.64. The second-order valence-electron chi connectivity index (χ2n) is 7.91. The van der Waals surface area contributed by atoms with Crippen molar-refractivity contribution in [3.63, 3.8) is 0 Å². The van der Waals surface area contributed by atoms with Crippen LogP contribution in [0.4, 0.5) is 0 Å². The summed E-state index contributed by atoms with van der Waals surface area (Å²) >= 11 is 3.20. The molecule has 2 aliphatic carbocycles. The monoisotopic (exact) mass is 418 g/mol. The second kappa shape index (κ2) is 6.15. The molecule has 2 amide bonds. The quantitative estimate of drug-likeness (QED) is 0.771. The van der Waals surface area contributed by atoms with Crippen molar-refractivity contribution in [2.45, 2.75) is 19.4 Å². The summed E-state index contributed by atoms with van der Waals surface area (Å²) in [5.74, 6) is 0.478. The largest absolute Gasteiger partial charge is 0.345 e. The van der Waals surface area contributed by atoms with Crippen molar-refractivity contribution in [2.75, 3.05) is 0 Å². The molecule has 0 radical (unpaired) electrons. The van der Waals surface area contributed by atoms with Crippen LogP contribution >= 0.6 is 22.7 Å². The highest BCUT2D eigenvalue weighted by Crippen LogP contribution is 2.50. The van der Waals surface area contributed by atoms with Crippen LogP contribution in [0.2, 0.25) is 0 Å². The van der Waals surface area contributed by atoms with Crippen LogP contribution < -0.4 is 10.6 Å². The van der Waals surface area contributed by atoms with E-state index >= 15 is 0 Å². The summed E-state index contributed by atoms with van der Waals surface area (Å²) in [6.07, 6.45) is 5.02. The van der Waals surface area contributed by atoms with Crippen LogP contribution in [0, 0.1) is 11.8 Å². The predicted octanol–water partition coefficient (Wildman–Crippen LogP) is 4.13. The van der Waals surface area contributed by atoms with Crippen molar-refractivity contribution in [1.82, 2.24) is 10.6 Å². The fourth-order valence-electron chi connectivity index (χ4n) is 5.17. The third-order valence-corrected chi connectivity index (χ3v) is 8.10. The Morgan fingerprint density at radius 3 is 2.31 bits per heavy atom. The fourth-order valence-corrected chi connectivity index (χ4v) is 6.76. The smallest absolute Gasteiger partial charge is 0.257 e. The number of hydrogen-bond donors (Lipinski definition) is 2. The van der Waals surface area contributed by atoms with Crippen molar-refractivity contribution in [3.05, 3.63) is 79.3 Å². The van der Waals surface area contributed by atoms with E-state index in [1.165, 1.54) is 0 Å². The molecule has 0 bridgehead atoms. The number of carbonyl (C=O) groups is 2. The minimum absolute atomic E-state index is 0.00613. The minimum atomic E-state index is -0.0358. The van der Waals surface area contributed by atoms with Gasteiger partial charge in [0.05, 0.1) is 17.2 Å². The lowest BCUT2D eigenvalue weighted by atomic mass is 9.68. The van der Waals surface area contributed by atoms with Gasteiger partial charge in [-0.15, -0.1) is 22.7 Å². The minimum Gasteiger partial charge on any atom is -0.345 e. The van der Waals surface area contributed by atoms with Crippen LogP contribution in [0.5, 0.6) is 0 Å². The molecule has 2 aromatic rings. The third-order valence-electron chi connectivity index (χ3n) is 6.33. The molecule has 0 aromatic carbocycles. The van der Waals surface area contributed by atoms with Gasteiger partial charge in [0, 0.05) is 21.4 Å². The molecule has 4 nitrogen and oxygen atoms in total. The van der Waals surface area contributed by atoms with Crippen LogP contribution in [-0.2, 0) is 9.59 Å². The molecule has 2 N–H and O–H groups in total. The van der Waals surface area contributed by atoms with Gasteiger partial charge in [-0.25, -0.2) is 0 Å². The molecule has 3 unspecified atom stereocenters. The Hall–Kier alpha value is -2.70. The Morgan fingerprint density at radius 2 is 1.62 bits per heavy atom. The summed E-state index contributed by atoms with van der Waals surface area (Å²) in [4.78, 5) is 27.7. The molecule has 2 aromatic heterocycles. The van der Waals surface area contributed by atoms with Crippen molar-refractivity contribution >= 4 is 45.6 Å². The first-order chi connectivity index (χ1) is 14.1. The van der Waals surface area contributed by atoms with E-state index in [0.29, 0.717) is 5.92 Å². The molecule has 0 fully saturated rings. The first-order valence-electron chi connectivity index (χ1n) is 9.73. The molecule has 144 valence electrons. The molecule has 3 atom stereocenters. The molecule has 0 saturated carbocycles. The van der Waals surface area contributed by atoms with E-state index in [-0.39, 0.29) is 23.8 Å². The predicted molar refractivity (Wildman–Crippen MR) is 116 cm³/mol. The zero-order valence-electron chi connectivity index (χ0n) is 15.7. The zero-order valence-corrected chi connectivity index (χ0v) is 17.3. The molecular formula is C23H18N2O2S2. The van der Waals surface area contributed by atoms with Gasteiger partial charge in [0.1, 0.15) is 0 Å². The lowest BCUT2D eigenvalue weighted by Crippen LogP contribution is -2.43. The molecule has 29 heavy (non-hydrogen) atoms. The van der Waals surface area contributed by atoms with Crippen LogP contribution in [-0.4, -0.2) is 17.9 Å². The van der Waals surface area contributed by atoms with Gasteiger partial charge in [0.2, 0.25) is 0 Å². The topological polar surface area (TPSA) is 58.2 Å². The van der Waals surface area contributed by atoms with E-state index < -0.39 is 0 Å². The van der Waals surface area contributed by atoms with Crippen LogP contribution in [0.1, 0.15) is 23.1 Å². The first kappa shape index (κ1) is 17.2. The summed E-state index contributed by atoms with van der Waals surface area (Å²) in [5, 5.41) is 10.4.